The molecule has 0 saturated carbocycles. The number of amides is 1. The Morgan fingerprint density at radius 2 is 2.08 bits per heavy atom. The van der Waals surface area contributed by atoms with E-state index in [1.165, 1.54) is 4.88 Å². The number of nitrogens with zero attached hydrogens (tertiary/aromatic N) is 3. The molecule has 0 spiro atoms. The maximum Gasteiger partial charge on any atom is 0.410 e. The van der Waals surface area contributed by atoms with Gasteiger partial charge < -0.3 is 20.3 Å². The van der Waals surface area contributed by atoms with E-state index in [9.17, 15) is 4.79 Å². The Morgan fingerprint density at radius 1 is 1.40 bits per heavy atom. The van der Waals surface area contributed by atoms with Gasteiger partial charge in [-0.15, -0.1) is 11.3 Å². The molecule has 0 bridgehead atoms. The number of likely N-dealkylation sites (tertiary alicyclic amines) is 1. The summed E-state index contributed by atoms with van der Waals surface area (Å²) in [5, 5.41) is 7.61. The maximum absolute atomic E-state index is 12.0. The minimum Gasteiger partial charge on any atom is -0.444 e. The zero-order valence-corrected chi connectivity index (χ0v) is 16.8. The lowest BCUT2D eigenvalue weighted by Crippen LogP contribution is -2.63. The highest BCUT2D eigenvalue weighted by Gasteiger charge is 2.34. The van der Waals surface area contributed by atoms with Crippen molar-refractivity contribution in [2.75, 3.05) is 19.6 Å². The standard InChI is InChI=1S/C17H29N5O2S/c1-7-18-15(19-8-14-20-11(2)12(3)25-14)21-13-9-22(10-13)16(23)24-17(4,5)6/h13H,7-10H2,1-6H3,(H2,18,19,21). The topological polar surface area (TPSA) is 78.9 Å². The molecule has 1 amide bonds. The average Bonchev–Trinajstić information content (AvgIpc) is 2.76. The molecule has 1 aliphatic heterocycles. The summed E-state index contributed by atoms with van der Waals surface area (Å²) in [6.07, 6.45) is -0.263. The van der Waals surface area contributed by atoms with Crippen LogP contribution in [0.3, 0.4) is 0 Å². The predicted octanol–water partition coefficient (Wildman–Crippen LogP) is 2.43. The second kappa shape index (κ2) is 8.03. The van der Waals surface area contributed by atoms with Crippen LogP contribution in [-0.2, 0) is 11.3 Å². The quantitative estimate of drug-likeness (QED) is 0.631. The summed E-state index contributed by atoms with van der Waals surface area (Å²) in [6.45, 7) is 14.3. The summed E-state index contributed by atoms with van der Waals surface area (Å²) >= 11 is 1.68. The molecule has 25 heavy (non-hydrogen) atoms. The van der Waals surface area contributed by atoms with Crippen LogP contribution in [0.15, 0.2) is 4.99 Å². The monoisotopic (exact) mass is 367 g/mol. The molecule has 1 aromatic heterocycles. The van der Waals surface area contributed by atoms with E-state index in [0.717, 1.165) is 23.2 Å². The normalized spacial score (nSPS) is 15.8. The Hall–Kier alpha value is -1.83. The summed E-state index contributed by atoms with van der Waals surface area (Å²) in [7, 11) is 0. The molecule has 1 fully saturated rings. The summed E-state index contributed by atoms with van der Waals surface area (Å²) in [6, 6.07) is 0.185. The minimum absolute atomic E-state index is 0.185. The van der Waals surface area contributed by atoms with Gasteiger partial charge in [-0.25, -0.2) is 14.8 Å². The number of aromatic nitrogens is 1. The van der Waals surface area contributed by atoms with E-state index in [2.05, 4.69) is 27.5 Å². The van der Waals surface area contributed by atoms with Crippen LogP contribution in [0.2, 0.25) is 0 Å². The van der Waals surface area contributed by atoms with Gasteiger partial charge in [-0.2, -0.15) is 0 Å². The first-order valence-corrected chi connectivity index (χ1v) is 9.45. The van der Waals surface area contributed by atoms with Gasteiger partial charge in [-0.3, -0.25) is 0 Å². The van der Waals surface area contributed by atoms with Gasteiger partial charge in [0.2, 0.25) is 0 Å². The lowest BCUT2D eigenvalue weighted by atomic mass is 10.1. The first kappa shape index (κ1) is 19.5. The zero-order valence-electron chi connectivity index (χ0n) is 16.0. The van der Waals surface area contributed by atoms with E-state index in [1.54, 1.807) is 16.2 Å². The molecule has 1 saturated heterocycles. The lowest BCUT2D eigenvalue weighted by molar-refractivity contribution is 0.00701. The van der Waals surface area contributed by atoms with Crippen molar-refractivity contribution in [1.29, 1.82) is 0 Å². The first-order chi connectivity index (χ1) is 11.7. The molecule has 1 aromatic rings. The van der Waals surface area contributed by atoms with E-state index < -0.39 is 5.60 Å². The predicted molar refractivity (Wildman–Crippen MR) is 101 cm³/mol. The molecule has 0 atom stereocenters. The van der Waals surface area contributed by atoms with Crippen molar-refractivity contribution in [3.8, 4) is 0 Å². The number of guanidine groups is 1. The molecule has 1 aliphatic rings. The number of carbonyl (C=O) groups excluding carboxylic acids is 1. The molecular weight excluding hydrogens is 338 g/mol. The second-order valence-corrected chi connectivity index (χ2v) is 8.46. The summed E-state index contributed by atoms with van der Waals surface area (Å²) in [5.74, 6) is 0.752. The second-order valence-electron chi connectivity index (χ2n) is 7.17. The highest BCUT2D eigenvalue weighted by atomic mass is 32.1. The number of nitrogens with one attached hydrogen (secondary N) is 2. The molecule has 140 valence electrons. The van der Waals surface area contributed by atoms with Crippen LogP contribution in [0, 0.1) is 13.8 Å². The zero-order chi connectivity index (χ0) is 18.6. The van der Waals surface area contributed by atoms with Gasteiger partial charge in [0.05, 0.1) is 18.3 Å². The Morgan fingerprint density at radius 3 is 2.60 bits per heavy atom. The molecule has 2 rings (SSSR count). The molecule has 8 heteroatoms. The van der Waals surface area contributed by atoms with E-state index >= 15 is 0 Å². The number of aliphatic imine (C=N–C) groups is 1. The minimum atomic E-state index is -0.462. The van der Waals surface area contributed by atoms with Crippen LogP contribution in [0.5, 0.6) is 0 Å². The fraction of sp³-hybridized carbons (Fsp3) is 0.706. The van der Waals surface area contributed by atoms with Crippen LogP contribution in [0.25, 0.3) is 0 Å². The number of ether oxygens (including phenoxy) is 1. The highest BCUT2D eigenvalue weighted by Crippen LogP contribution is 2.17. The van der Waals surface area contributed by atoms with Crippen molar-refractivity contribution >= 4 is 23.4 Å². The third-order valence-corrected chi connectivity index (χ3v) is 4.72. The Bertz CT molecular complexity index is 610. The van der Waals surface area contributed by atoms with Gasteiger partial charge >= 0.3 is 6.09 Å². The summed E-state index contributed by atoms with van der Waals surface area (Å²) in [5.41, 5.74) is 0.607. The number of hydrogen-bond donors (Lipinski definition) is 2. The third-order valence-electron chi connectivity index (χ3n) is 3.66. The van der Waals surface area contributed by atoms with Gasteiger partial charge in [0.1, 0.15) is 10.6 Å². The summed E-state index contributed by atoms with van der Waals surface area (Å²) < 4.78 is 5.37. The van der Waals surface area contributed by atoms with Crippen molar-refractivity contribution in [3.63, 3.8) is 0 Å². The van der Waals surface area contributed by atoms with Crippen molar-refractivity contribution in [3.05, 3.63) is 15.6 Å². The molecule has 0 aliphatic carbocycles. The van der Waals surface area contributed by atoms with Crippen molar-refractivity contribution in [1.82, 2.24) is 20.5 Å². The SMILES string of the molecule is CCNC(=NCc1nc(C)c(C)s1)NC1CN(C(=O)OC(C)(C)C)C1. The average molecular weight is 368 g/mol. The molecule has 2 heterocycles. The largest absolute Gasteiger partial charge is 0.444 e. The van der Waals surface area contributed by atoms with E-state index in [0.29, 0.717) is 19.6 Å². The molecule has 2 N–H and O–H groups in total. The van der Waals surface area contributed by atoms with Gasteiger partial charge in [0.25, 0.3) is 0 Å². The number of aryl methyl sites for hydroxylation is 2. The van der Waals surface area contributed by atoms with Crippen molar-refractivity contribution < 1.29 is 9.53 Å². The number of carbonyl (C=O) groups is 1. The van der Waals surface area contributed by atoms with Crippen LogP contribution in [-0.4, -0.2) is 53.2 Å². The van der Waals surface area contributed by atoms with E-state index in [1.807, 2.05) is 34.6 Å². The van der Waals surface area contributed by atoms with Gasteiger partial charge in [0, 0.05) is 24.5 Å². The van der Waals surface area contributed by atoms with Gasteiger partial charge in [0.15, 0.2) is 5.96 Å². The first-order valence-electron chi connectivity index (χ1n) is 8.63. The van der Waals surface area contributed by atoms with Gasteiger partial charge in [-0.1, -0.05) is 0 Å². The van der Waals surface area contributed by atoms with E-state index in [4.69, 9.17) is 4.74 Å². The van der Waals surface area contributed by atoms with Gasteiger partial charge in [-0.05, 0) is 41.5 Å². The van der Waals surface area contributed by atoms with Crippen molar-refractivity contribution in [2.45, 2.75) is 59.7 Å². The van der Waals surface area contributed by atoms with Crippen LogP contribution >= 0.6 is 11.3 Å². The van der Waals surface area contributed by atoms with Crippen LogP contribution in [0.4, 0.5) is 4.79 Å². The van der Waals surface area contributed by atoms with Crippen LogP contribution in [0.1, 0.15) is 43.3 Å². The summed E-state index contributed by atoms with van der Waals surface area (Å²) in [4.78, 5) is 24.0. The Labute approximate surface area is 153 Å². The third kappa shape index (κ3) is 5.88. The lowest BCUT2D eigenvalue weighted by Gasteiger charge is -2.40. The molecule has 0 radical (unpaired) electrons. The molecule has 7 nitrogen and oxygen atoms in total. The molecule has 0 unspecified atom stereocenters. The molecular formula is C17H29N5O2S. The van der Waals surface area contributed by atoms with Crippen molar-refractivity contribution in [2.24, 2.45) is 4.99 Å². The van der Waals surface area contributed by atoms with Crippen LogP contribution < -0.4 is 10.6 Å². The highest BCUT2D eigenvalue weighted by molar-refractivity contribution is 7.11. The fourth-order valence-electron chi connectivity index (χ4n) is 2.31. The maximum atomic E-state index is 12.0. The number of thiazole rings is 1. The Kier molecular flexibility index (Phi) is 6.26. The fourth-order valence-corrected chi connectivity index (χ4v) is 3.17. The number of rotatable bonds is 4. The molecule has 0 aromatic carbocycles. The smallest absolute Gasteiger partial charge is 0.410 e. The Balaban J connectivity index is 1.84. The van der Waals surface area contributed by atoms with E-state index in [-0.39, 0.29) is 12.1 Å². The number of hydrogen-bond acceptors (Lipinski definition) is 5.